The van der Waals surface area contributed by atoms with Gasteiger partial charge in [-0.15, -0.1) is 6.42 Å². The average Bonchev–Trinajstić information content (AvgIpc) is 2.68. The lowest BCUT2D eigenvalue weighted by atomic mass is 10.4. The molecular formula is C19H18BrCl2N3O2S2. The number of benzene rings is 1. The Hall–Kier alpha value is -1.37. The molecule has 0 atom stereocenters. The first-order chi connectivity index (χ1) is 13.8. The summed E-state index contributed by atoms with van der Waals surface area (Å²) >= 11 is 16.9. The highest BCUT2D eigenvalue weighted by Crippen LogP contribution is 2.26. The van der Waals surface area contributed by atoms with Gasteiger partial charge in [0.05, 0.1) is 32.6 Å². The van der Waals surface area contributed by atoms with Crippen LogP contribution in [-0.2, 0) is 15.6 Å². The van der Waals surface area contributed by atoms with Gasteiger partial charge in [-0.05, 0) is 46.3 Å². The van der Waals surface area contributed by atoms with E-state index < -0.39 is 9.84 Å². The van der Waals surface area contributed by atoms with Crippen molar-refractivity contribution in [3.05, 3.63) is 68.0 Å². The van der Waals surface area contributed by atoms with Crippen LogP contribution in [0.15, 0.2) is 57.1 Å². The number of sulfone groups is 1. The topological polar surface area (TPSA) is 71.1 Å². The van der Waals surface area contributed by atoms with E-state index in [1.165, 1.54) is 18.2 Å². The highest BCUT2D eigenvalue weighted by atomic mass is 79.9. The first-order valence-corrected chi connectivity index (χ1v) is 12.6. The number of nitrogens with zero attached hydrogens (tertiary/aromatic N) is 1. The molecule has 1 heterocycles. The molecule has 0 aliphatic rings. The van der Waals surface area contributed by atoms with E-state index in [2.05, 4.69) is 37.5 Å². The number of nitrogens with one attached hydrogen (secondary N) is 2. The minimum Gasteiger partial charge on any atom is -0.370 e. The number of terminal acetylenes is 1. The Bertz CT molecular complexity index is 1020. The number of pyridine rings is 1. The van der Waals surface area contributed by atoms with Crippen LogP contribution in [0.2, 0.25) is 10.0 Å². The first-order valence-electron chi connectivity index (χ1n) is 8.33. The van der Waals surface area contributed by atoms with Crippen molar-refractivity contribution in [1.82, 2.24) is 15.6 Å². The number of thioether (sulfide) groups is 1. The summed E-state index contributed by atoms with van der Waals surface area (Å²) in [5.41, 5.74) is 0.959. The Morgan fingerprint density at radius 1 is 1.28 bits per heavy atom. The maximum atomic E-state index is 12.7. The largest absolute Gasteiger partial charge is 0.370 e. The molecule has 1 aromatic carbocycles. The van der Waals surface area contributed by atoms with Gasteiger partial charge < -0.3 is 10.6 Å². The van der Waals surface area contributed by atoms with Gasteiger partial charge in [0.2, 0.25) is 9.84 Å². The number of halogens is 3. The van der Waals surface area contributed by atoms with Crippen LogP contribution in [0.25, 0.3) is 0 Å². The molecule has 0 saturated carbocycles. The molecule has 0 spiro atoms. The lowest BCUT2D eigenvalue weighted by Crippen LogP contribution is -2.29. The summed E-state index contributed by atoms with van der Waals surface area (Å²) in [7, 11) is -3.74. The molecule has 1 aromatic heterocycles. The van der Waals surface area contributed by atoms with Gasteiger partial charge in [0.25, 0.3) is 0 Å². The van der Waals surface area contributed by atoms with Gasteiger partial charge in [-0.25, -0.2) is 8.42 Å². The molecule has 2 aromatic rings. The molecule has 0 bridgehead atoms. The van der Waals surface area contributed by atoms with Crippen molar-refractivity contribution in [2.24, 2.45) is 0 Å². The van der Waals surface area contributed by atoms with E-state index in [1.54, 1.807) is 18.0 Å². The Morgan fingerprint density at radius 2 is 2.07 bits per heavy atom. The van der Waals surface area contributed by atoms with E-state index in [1.807, 2.05) is 12.1 Å². The molecule has 0 amide bonds. The van der Waals surface area contributed by atoms with E-state index in [0.717, 1.165) is 27.1 Å². The number of hydrogen-bond acceptors (Lipinski definition) is 6. The summed E-state index contributed by atoms with van der Waals surface area (Å²) in [4.78, 5) is 4.36. The SMILES string of the molecule is C#CCN/C(=C/S(=O)(=O)c1ccc(Cl)c(Cl)c1)NCCSCc1ncccc1Br. The van der Waals surface area contributed by atoms with Crippen LogP contribution in [0.5, 0.6) is 0 Å². The zero-order valence-corrected chi connectivity index (χ0v) is 19.9. The molecule has 0 aliphatic heterocycles. The van der Waals surface area contributed by atoms with Gasteiger partial charge in [0.15, 0.2) is 0 Å². The number of hydrogen-bond donors (Lipinski definition) is 2. The molecule has 0 aliphatic carbocycles. The minimum absolute atomic E-state index is 0.0445. The second-order valence-corrected chi connectivity index (χ2v) is 10.2. The van der Waals surface area contributed by atoms with Crippen LogP contribution in [-0.4, -0.2) is 32.2 Å². The smallest absolute Gasteiger partial charge is 0.203 e. The summed E-state index contributed by atoms with van der Waals surface area (Å²) < 4.78 is 26.3. The van der Waals surface area contributed by atoms with Gasteiger partial charge in [0, 0.05) is 28.7 Å². The Balaban J connectivity index is 1.99. The molecule has 0 saturated heterocycles. The summed E-state index contributed by atoms with van der Waals surface area (Å²) in [6.45, 7) is 0.721. The zero-order chi connectivity index (χ0) is 21.3. The van der Waals surface area contributed by atoms with Crippen molar-refractivity contribution in [2.75, 3.05) is 18.8 Å². The van der Waals surface area contributed by atoms with Crippen molar-refractivity contribution in [3.8, 4) is 12.3 Å². The van der Waals surface area contributed by atoms with E-state index >= 15 is 0 Å². The summed E-state index contributed by atoms with van der Waals surface area (Å²) in [6, 6.07) is 7.97. The van der Waals surface area contributed by atoms with Crippen molar-refractivity contribution in [2.45, 2.75) is 10.6 Å². The van der Waals surface area contributed by atoms with Crippen molar-refractivity contribution < 1.29 is 8.42 Å². The fourth-order valence-electron chi connectivity index (χ4n) is 2.12. The quantitative estimate of drug-likeness (QED) is 0.346. The second-order valence-electron chi connectivity index (χ2n) is 5.62. The van der Waals surface area contributed by atoms with E-state index in [4.69, 9.17) is 29.6 Å². The fraction of sp³-hybridized carbons (Fsp3) is 0.211. The Labute approximate surface area is 193 Å². The molecule has 154 valence electrons. The van der Waals surface area contributed by atoms with E-state index in [-0.39, 0.29) is 21.5 Å². The Kier molecular flexibility index (Phi) is 9.66. The third-order valence-corrected chi connectivity index (χ3v) is 7.40. The maximum absolute atomic E-state index is 12.7. The minimum atomic E-state index is -3.74. The van der Waals surface area contributed by atoms with Crippen molar-refractivity contribution in [1.29, 1.82) is 0 Å². The predicted octanol–water partition coefficient (Wildman–Crippen LogP) is 4.47. The van der Waals surface area contributed by atoms with Crippen LogP contribution in [0.3, 0.4) is 0 Å². The van der Waals surface area contributed by atoms with Crippen molar-refractivity contribution >= 4 is 60.7 Å². The van der Waals surface area contributed by atoms with Crippen LogP contribution in [0.4, 0.5) is 0 Å². The molecule has 0 radical (unpaired) electrons. The van der Waals surface area contributed by atoms with Gasteiger partial charge >= 0.3 is 0 Å². The van der Waals surface area contributed by atoms with Gasteiger partial charge in [-0.3, -0.25) is 4.98 Å². The van der Waals surface area contributed by atoms with Crippen molar-refractivity contribution in [3.63, 3.8) is 0 Å². The average molecular weight is 535 g/mol. The van der Waals surface area contributed by atoms with Gasteiger partial charge in [0.1, 0.15) is 5.82 Å². The summed E-state index contributed by atoms with van der Waals surface area (Å²) in [5, 5.41) is 7.51. The second kappa shape index (κ2) is 11.7. The highest BCUT2D eigenvalue weighted by molar-refractivity contribution is 9.10. The fourth-order valence-corrected chi connectivity index (χ4v) is 5.03. The molecule has 29 heavy (non-hydrogen) atoms. The molecule has 5 nitrogen and oxygen atoms in total. The Morgan fingerprint density at radius 3 is 2.76 bits per heavy atom. The lowest BCUT2D eigenvalue weighted by molar-refractivity contribution is 0.603. The van der Waals surface area contributed by atoms with Crippen LogP contribution in [0.1, 0.15) is 5.69 Å². The molecular weight excluding hydrogens is 517 g/mol. The number of rotatable bonds is 10. The van der Waals surface area contributed by atoms with E-state index in [9.17, 15) is 8.42 Å². The molecule has 0 unspecified atom stereocenters. The highest BCUT2D eigenvalue weighted by Gasteiger charge is 2.15. The number of aromatic nitrogens is 1. The predicted molar refractivity (Wildman–Crippen MR) is 125 cm³/mol. The monoisotopic (exact) mass is 533 g/mol. The summed E-state index contributed by atoms with van der Waals surface area (Å²) in [5.74, 6) is 4.22. The third kappa shape index (κ3) is 7.76. The normalized spacial score (nSPS) is 11.7. The first kappa shape index (κ1) is 23.9. The van der Waals surface area contributed by atoms with E-state index in [0.29, 0.717) is 12.4 Å². The third-order valence-electron chi connectivity index (χ3n) is 3.51. The van der Waals surface area contributed by atoms with Crippen LogP contribution in [0, 0.1) is 12.3 Å². The summed E-state index contributed by atoms with van der Waals surface area (Å²) in [6.07, 6.45) is 7.03. The molecule has 2 N–H and O–H groups in total. The zero-order valence-electron chi connectivity index (χ0n) is 15.2. The maximum Gasteiger partial charge on any atom is 0.203 e. The molecule has 10 heteroatoms. The van der Waals surface area contributed by atoms with Gasteiger partial charge in [-0.1, -0.05) is 29.1 Å². The van der Waals surface area contributed by atoms with Gasteiger partial charge in [-0.2, -0.15) is 11.8 Å². The van der Waals surface area contributed by atoms with Crippen LogP contribution < -0.4 is 10.6 Å². The lowest BCUT2D eigenvalue weighted by Gasteiger charge is -2.12. The standard InChI is InChI=1S/C19H18BrCl2N3O2S2/c1-2-7-24-19(13-29(26,27)14-5-6-16(21)17(22)11-14)25-9-10-28-12-18-15(20)4-3-8-23-18/h1,3-6,8,11,13,24-25H,7,9-10,12H2/b19-13-. The molecule has 2 rings (SSSR count). The molecule has 0 fully saturated rings. The van der Waals surface area contributed by atoms with Crippen LogP contribution >= 0.6 is 50.9 Å².